The lowest BCUT2D eigenvalue weighted by atomic mass is 9.67. The zero-order chi connectivity index (χ0) is 17.3. The number of ether oxygens (including phenoxy) is 2. The molecule has 0 radical (unpaired) electrons. The van der Waals surface area contributed by atoms with Gasteiger partial charge in [-0.15, -0.1) is 24.0 Å². The SMILES string of the molecule is CCNC(=NCC1(CCOC)CCC1)NCC(O)COCC1CC1.I. The minimum absolute atomic E-state index is 0. The number of methoxy groups -OCH3 is 1. The second-order valence-electron chi connectivity index (χ2n) is 7.31. The largest absolute Gasteiger partial charge is 0.389 e. The van der Waals surface area contributed by atoms with Gasteiger partial charge in [-0.2, -0.15) is 0 Å². The first-order valence-corrected chi connectivity index (χ1v) is 9.44. The number of hydrogen-bond donors (Lipinski definition) is 3. The van der Waals surface area contributed by atoms with Gasteiger partial charge in [0.25, 0.3) is 0 Å². The molecule has 0 saturated heterocycles. The highest BCUT2D eigenvalue weighted by Crippen LogP contribution is 2.44. The molecule has 0 spiro atoms. The van der Waals surface area contributed by atoms with E-state index in [1.165, 1.54) is 32.1 Å². The van der Waals surface area contributed by atoms with Crippen molar-refractivity contribution in [1.29, 1.82) is 0 Å². The van der Waals surface area contributed by atoms with Crippen LogP contribution in [0.5, 0.6) is 0 Å². The number of guanidine groups is 1. The van der Waals surface area contributed by atoms with Crippen molar-refractivity contribution >= 4 is 29.9 Å². The lowest BCUT2D eigenvalue weighted by Gasteiger charge is -2.40. The molecule has 2 rings (SSSR count). The average Bonchev–Trinajstić information content (AvgIpc) is 3.35. The Balaban J connectivity index is 0.00000312. The van der Waals surface area contributed by atoms with Crippen molar-refractivity contribution in [3.63, 3.8) is 0 Å². The Hall–Kier alpha value is -0.120. The van der Waals surface area contributed by atoms with Crippen LogP contribution in [0.15, 0.2) is 4.99 Å². The number of aliphatic hydroxyl groups excluding tert-OH is 1. The molecular formula is C18H36IN3O3. The summed E-state index contributed by atoms with van der Waals surface area (Å²) >= 11 is 0. The zero-order valence-electron chi connectivity index (χ0n) is 15.8. The maximum atomic E-state index is 10.0. The van der Waals surface area contributed by atoms with Crippen LogP contribution in [-0.2, 0) is 9.47 Å². The van der Waals surface area contributed by atoms with Gasteiger partial charge in [0, 0.05) is 40.0 Å². The van der Waals surface area contributed by atoms with E-state index in [-0.39, 0.29) is 24.0 Å². The maximum Gasteiger partial charge on any atom is 0.191 e. The standard InChI is InChI=1S/C18H35N3O3.HI/c1-3-19-17(20-11-16(22)13-24-12-15-5-6-15)21-14-18(7-4-8-18)9-10-23-2;/h15-16,22H,3-14H2,1-2H3,(H2,19,20,21);1H. The van der Waals surface area contributed by atoms with Crippen molar-refractivity contribution in [1.82, 2.24) is 10.6 Å². The molecule has 7 heteroatoms. The van der Waals surface area contributed by atoms with Gasteiger partial charge in [0.15, 0.2) is 5.96 Å². The molecule has 2 fully saturated rings. The van der Waals surface area contributed by atoms with Crippen molar-refractivity contribution in [2.75, 3.05) is 46.6 Å². The summed E-state index contributed by atoms with van der Waals surface area (Å²) in [6, 6.07) is 0. The molecule has 2 aliphatic rings. The van der Waals surface area contributed by atoms with E-state index < -0.39 is 6.10 Å². The van der Waals surface area contributed by atoms with E-state index in [2.05, 4.69) is 17.6 Å². The fourth-order valence-electron chi connectivity index (χ4n) is 3.00. The van der Waals surface area contributed by atoms with Crippen molar-refractivity contribution in [2.24, 2.45) is 16.3 Å². The van der Waals surface area contributed by atoms with Gasteiger partial charge in [0.05, 0.1) is 12.7 Å². The average molecular weight is 469 g/mol. The minimum atomic E-state index is -0.501. The normalized spacial score (nSPS) is 20.4. The molecule has 0 aromatic heterocycles. The first kappa shape index (κ1) is 22.9. The quantitative estimate of drug-likeness (QED) is 0.232. The third-order valence-corrected chi connectivity index (χ3v) is 5.03. The van der Waals surface area contributed by atoms with Gasteiger partial charge in [0.2, 0.25) is 0 Å². The highest BCUT2D eigenvalue weighted by atomic mass is 127. The summed E-state index contributed by atoms with van der Waals surface area (Å²) < 4.78 is 10.8. The lowest BCUT2D eigenvalue weighted by Crippen LogP contribution is -2.43. The smallest absolute Gasteiger partial charge is 0.191 e. The van der Waals surface area contributed by atoms with Crippen molar-refractivity contribution in [2.45, 2.75) is 51.6 Å². The molecule has 0 bridgehead atoms. The van der Waals surface area contributed by atoms with E-state index in [9.17, 15) is 5.11 Å². The third-order valence-electron chi connectivity index (χ3n) is 5.03. The molecule has 0 aliphatic heterocycles. The van der Waals surface area contributed by atoms with Gasteiger partial charge in [-0.1, -0.05) is 6.42 Å². The molecule has 1 unspecified atom stereocenters. The number of hydrogen-bond acceptors (Lipinski definition) is 4. The molecular weight excluding hydrogens is 433 g/mol. The summed E-state index contributed by atoms with van der Waals surface area (Å²) in [5.74, 6) is 1.51. The van der Waals surface area contributed by atoms with Crippen LogP contribution in [0.25, 0.3) is 0 Å². The molecule has 6 nitrogen and oxygen atoms in total. The van der Waals surface area contributed by atoms with Gasteiger partial charge >= 0.3 is 0 Å². The van der Waals surface area contributed by atoms with E-state index in [4.69, 9.17) is 14.5 Å². The Morgan fingerprint density at radius 1 is 1.32 bits per heavy atom. The van der Waals surface area contributed by atoms with Gasteiger partial charge in [-0.05, 0) is 50.4 Å². The number of nitrogens with one attached hydrogen (secondary N) is 2. The topological polar surface area (TPSA) is 75.1 Å². The highest BCUT2D eigenvalue weighted by Gasteiger charge is 2.36. The predicted octanol–water partition coefficient (Wildman–Crippen LogP) is 2.15. The van der Waals surface area contributed by atoms with E-state index in [0.717, 1.165) is 44.6 Å². The monoisotopic (exact) mass is 469 g/mol. The Bertz CT molecular complexity index is 388. The molecule has 2 aliphatic carbocycles. The van der Waals surface area contributed by atoms with Crippen LogP contribution in [0.2, 0.25) is 0 Å². The molecule has 0 heterocycles. The predicted molar refractivity (Wildman–Crippen MR) is 112 cm³/mol. The summed E-state index contributed by atoms with van der Waals surface area (Å²) in [4.78, 5) is 4.74. The van der Waals surface area contributed by atoms with Crippen molar-refractivity contribution < 1.29 is 14.6 Å². The van der Waals surface area contributed by atoms with Gasteiger partial charge in [-0.25, -0.2) is 0 Å². The summed E-state index contributed by atoms with van der Waals surface area (Å²) in [6.07, 6.45) is 6.88. The van der Waals surface area contributed by atoms with Crippen LogP contribution < -0.4 is 10.6 Å². The van der Waals surface area contributed by atoms with Crippen LogP contribution in [-0.4, -0.2) is 63.7 Å². The molecule has 0 aromatic rings. The Morgan fingerprint density at radius 3 is 2.64 bits per heavy atom. The van der Waals surface area contributed by atoms with Crippen LogP contribution in [0.4, 0.5) is 0 Å². The van der Waals surface area contributed by atoms with Gasteiger partial charge in [0.1, 0.15) is 0 Å². The van der Waals surface area contributed by atoms with E-state index in [1.54, 1.807) is 7.11 Å². The summed E-state index contributed by atoms with van der Waals surface area (Å²) in [6.45, 7) is 6.12. The van der Waals surface area contributed by atoms with Crippen LogP contribution in [0.3, 0.4) is 0 Å². The fourth-order valence-corrected chi connectivity index (χ4v) is 3.00. The van der Waals surface area contributed by atoms with Crippen LogP contribution in [0, 0.1) is 11.3 Å². The Morgan fingerprint density at radius 2 is 2.08 bits per heavy atom. The molecule has 148 valence electrons. The number of halogens is 1. The van der Waals surface area contributed by atoms with E-state index in [0.29, 0.717) is 18.6 Å². The maximum absolute atomic E-state index is 10.0. The fraction of sp³-hybridized carbons (Fsp3) is 0.944. The lowest BCUT2D eigenvalue weighted by molar-refractivity contribution is 0.0345. The Labute approximate surface area is 169 Å². The van der Waals surface area contributed by atoms with E-state index in [1.807, 2.05) is 0 Å². The third kappa shape index (κ3) is 8.88. The van der Waals surface area contributed by atoms with Crippen molar-refractivity contribution in [3.05, 3.63) is 0 Å². The molecule has 0 aromatic carbocycles. The van der Waals surface area contributed by atoms with Crippen LogP contribution >= 0.6 is 24.0 Å². The Kier molecular flexibility index (Phi) is 11.3. The molecule has 0 amide bonds. The van der Waals surface area contributed by atoms with Gasteiger partial charge in [-0.3, -0.25) is 4.99 Å². The number of rotatable bonds is 12. The second-order valence-corrected chi connectivity index (χ2v) is 7.31. The number of aliphatic hydroxyl groups is 1. The van der Waals surface area contributed by atoms with Gasteiger partial charge < -0.3 is 25.2 Å². The highest BCUT2D eigenvalue weighted by molar-refractivity contribution is 14.0. The number of aliphatic imine (C=N–C) groups is 1. The van der Waals surface area contributed by atoms with Crippen molar-refractivity contribution in [3.8, 4) is 0 Å². The number of nitrogens with zero attached hydrogens (tertiary/aromatic N) is 1. The minimum Gasteiger partial charge on any atom is -0.389 e. The molecule has 2 saturated carbocycles. The summed E-state index contributed by atoms with van der Waals surface area (Å²) in [7, 11) is 1.76. The zero-order valence-corrected chi connectivity index (χ0v) is 18.1. The van der Waals surface area contributed by atoms with Crippen LogP contribution in [0.1, 0.15) is 45.4 Å². The molecule has 25 heavy (non-hydrogen) atoms. The first-order chi connectivity index (χ1) is 11.7. The van der Waals surface area contributed by atoms with E-state index >= 15 is 0 Å². The second kappa shape index (κ2) is 12.3. The molecule has 1 atom stereocenters. The summed E-state index contributed by atoms with van der Waals surface area (Å²) in [5, 5.41) is 16.5. The summed E-state index contributed by atoms with van der Waals surface area (Å²) in [5.41, 5.74) is 0.310. The first-order valence-electron chi connectivity index (χ1n) is 9.44. The molecule has 3 N–H and O–H groups in total.